The van der Waals surface area contributed by atoms with E-state index in [9.17, 15) is 10.1 Å². The number of nitro groups is 1. The lowest BCUT2D eigenvalue weighted by atomic mass is 10.2. The highest BCUT2D eigenvalue weighted by atomic mass is 16.6. The molecule has 3 aromatic carbocycles. The number of nitrogens with zero attached hydrogens (tertiary/aromatic N) is 5. The minimum absolute atomic E-state index is 0.0165. The van der Waals surface area contributed by atoms with Crippen molar-refractivity contribution in [2.24, 2.45) is 20.5 Å². The molecule has 0 aromatic heterocycles. The smallest absolute Gasteiger partial charge is 0.269 e. The number of azo groups is 2. The minimum atomic E-state index is -0.453. The fourth-order valence-corrected chi connectivity index (χ4v) is 2.61. The van der Waals surface area contributed by atoms with Crippen molar-refractivity contribution in [3.8, 4) is 5.75 Å². The van der Waals surface area contributed by atoms with Crippen LogP contribution < -0.4 is 4.74 Å². The van der Waals surface area contributed by atoms with E-state index in [1.165, 1.54) is 25.0 Å². The molecule has 0 saturated carbocycles. The van der Waals surface area contributed by atoms with Gasteiger partial charge in [-0.05, 0) is 67.1 Å². The van der Waals surface area contributed by atoms with Gasteiger partial charge in [-0.3, -0.25) is 10.1 Å². The quantitative estimate of drug-likeness (QED) is 0.144. The number of unbranched alkanes of at least 4 members (excludes halogenated alkanes) is 2. The standard InChI is InChI=1S/C23H23N5O3/c1-2-3-4-17-31-23-15-11-21(12-16-23)27-25-19-7-5-18(6-8-19)24-26-20-9-13-22(14-10-20)28(29)30/h5-16H,2-4,17H2,1H3. The summed E-state index contributed by atoms with van der Waals surface area (Å²) in [5, 5.41) is 27.3. The molecule has 0 spiro atoms. The number of hydrogen-bond donors (Lipinski definition) is 0. The lowest BCUT2D eigenvalue weighted by molar-refractivity contribution is -0.384. The predicted octanol–water partition coefficient (Wildman–Crippen LogP) is 7.99. The van der Waals surface area contributed by atoms with Crippen LogP contribution in [0.5, 0.6) is 5.75 Å². The Morgan fingerprint density at radius 1 is 0.710 bits per heavy atom. The SMILES string of the molecule is CCCCCOc1ccc(N=Nc2ccc(N=Nc3ccc([N+](=O)[O-])cc3)cc2)cc1. The predicted molar refractivity (Wildman–Crippen MR) is 119 cm³/mol. The van der Waals surface area contributed by atoms with E-state index in [0.717, 1.165) is 24.5 Å². The van der Waals surface area contributed by atoms with Crippen molar-refractivity contribution in [3.63, 3.8) is 0 Å². The molecule has 3 rings (SSSR count). The number of non-ortho nitro benzene ring substituents is 1. The molecule has 31 heavy (non-hydrogen) atoms. The van der Waals surface area contributed by atoms with E-state index in [0.29, 0.717) is 17.1 Å². The van der Waals surface area contributed by atoms with Gasteiger partial charge in [0.2, 0.25) is 0 Å². The lowest BCUT2D eigenvalue weighted by Crippen LogP contribution is -1.96. The molecule has 0 N–H and O–H groups in total. The fourth-order valence-electron chi connectivity index (χ4n) is 2.61. The minimum Gasteiger partial charge on any atom is -0.494 e. The molecule has 3 aromatic rings. The molecule has 0 bridgehead atoms. The number of ether oxygens (including phenoxy) is 1. The molecule has 0 atom stereocenters. The molecule has 0 heterocycles. The molecule has 158 valence electrons. The Bertz CT molecular complexity index is 1030. The van der Waals surface area contributed by atoms with Gasteiger partial charge in [0.15, 0.2) is 0 Å². The Balaban J connectivity index is 1.53. The summed E-state index contributed by atoms with van der Waals surface area (Å²) in [6.45, 7) is 2.89. The zero-order chi connectivity index (χ0) is 21.9. The van der Waals surface area contributed by atoms with Gasteiger partial charge >= 0.3 is 0 Å². The van der Waals surface area contributed by atoms with Gasteiger partial charge in [-0.2, -0.15) is 20.5 Å². The summed E-state index contributed by atoms with van der Waals surface area (Å²) in [4.78, 5) is 10.2. The van der Waals surface area contributed by atoms with Crippen LogP contribution in [-0.2, 0) is 0 Å². The van der Waals surface area contributed by atoms with Crippen molar-refractivity contribution in [2.45, 2.75) is 26.2 Å². The normalized spacial score (nSPS) is 11.3. The summed E-state index contributed by atoms with van der Waals surface area (Å²) in [6, 6.07) is 20.5. The van der Waals surface area contributed by atoms with Gasteiger partial charge in [-0.15, -0.1) is 0 Å². The first-order valence-electron chi connectivity index (χ1n) is 10.0. The maximum Gasteiger partial charge on any atom is 0.269 e. The van der Waals surface area contributed by atoms with Crippen molar-refractivity contribution in [1.82, 2.24) is 0 Å². The summed E-state index contributed by atoms with van der Waals surface area (Å²) in [5.41, 5.74) is 2.62. The van der Waals surface area contributed by atoms with Crippen LogP contribution in [0.2, 0.25) is 0 Å². The third kappa shape index (κ3) is 7.11. The van der Waals surface area contributed by atoms with Crippen LogP contribution >= 0.6 is 0 Å². The fraction of sp³-hybridized carbons (Fsp3) is 0.217. The first-order valence-corrected chi connectivity index (χ1v) is 10.0. The summed E-state index contributed by atoms with van der Waals surface area (Å²) in [5.74, 6) is 0.831. The van der Waals surface area contributed by atoms with Crippen molar-refractivity contribution in [3.05, 3.63) is 82.9 Å². The Hall–Kier alpha value is -3.94. The van der Waals surface area contributed by atoms with Crippen LogP contribution in [0, 0.1) is 10.1 Å². The van der Waals surface area contributed by atoms with Crippen molar-refractivity contribution < 1.29 is 9.66 Å². The highest BCUT2D eigenvalue weighted by Gasteiger charge is 2.03. The highest BCUT2D eigenvalue weighted by Crippen LogP contribution is 2.25. The van der Waals surface area contributed by atoms with Gasteiger partial charge in [-0.1, -0.05) is 19.8 Å². The third-order valence-electron chi connectivity index (χ3n) is 4.33. The third-order valence-corrected chi connectivity index (χ3v) is 4.33. The second-order valence-corrected chi connectivity index (χ2v) is 6.74. The van der Waals surface area contributed by atoms with Crippen LogP contribution in [0.25, 0.3) is 0 Å². The average Bonchev–Trinajstić information content (AvgIpc) is 2.81. The molecule has 0 aliphatic carbocycles. The summed E-state index contributed by atoms with van der Waals surface area (Å²) >= 11 is 0. The number of nitro benzene ring substituents is 1. The van der Waals surface area contributed by atoms with Crippen molar-refractivity contribution >= 4 is 28.4 Å². The van der Waals surface area contributed by atoms with Crippen LogP contribution in [0.15, 0.2) is 93.3 Å². The number of benzene rings is 3. The maximum absolute atomic E-state index is 10.7. The van der Waals surface area contributed by atoms with Gasteiger partial charge in [-0.25, -0.2) is 0 Å². The monoisotopic (exact) mass is 417 g/mol. The van der Waals surface area contributed by atoms with E-state index in [4.69, 9.17) is 4.74 Å². The van der Waals surface area contributed by atoms with Crippen LogP contribution in [0.3, 0.4) is 0 Å². The molecular formula is C23H23N5O3. The molecule has 8 heteroatoms. The molecule has 0 aliphatic rings. The summed E-state index contributed by atoms with van der Waals surface area (Å²) < 4.78 is 5.69. The van der Waals surface area contributed by atoms with E-state index in [1.807, 2.05) is 24.3 Å². The van der Waals surface area contributed by atoms with Crippen LogP contribution in [-0.4, -0.2) is 11.5 Å². The van der Waals surface area contributed by atoms with Crippen LogP contribution in [0.4, 0.5) is 28.4 Å². The molecule has 0 fully saturated rings. The lowest BCUT2D eigenvalue weighted by Gasteiger charge is -2.05. The Morgan fingerprint density at radius 3 is 1.55 bits per heavy atom. The van der Waals surface area contributed by atoms with E-state index in [2.05, 4.69) is 27.4 Å². The zero-order valence-electron chi connectivity index (χ0n) is 17.2. The van der Waals surface area contributed by atoms with Gasteiger partial charge in [0.05, 0.1) is 34.3 Å². The molecule has 0 saturated heterocycles. The second-order valence-electron chi connectivity index (χ2n) is 6.74. The largest absolute Gasteiger partial charge is 0.494 e. The van der Waals surface area contributed by atoms with E-state index < -0.39 is 4.92 Å². The van der Waals surface area contributed by atoms with E-state index in [1.54, 1.807) is 36.4 Å². The van der Waals surface area contributed by atoms with Gasteiger partial charge in [0, 0.05) is 12.1 Å². The van der Waals surface area contributed by atoms with Gasteiger partial charge < -0.3 is 4.74 Å². The van der Waals surface area contributed by atoms with Gasteiger partial charge in [0.25, 0.3) is 5.69 Å². The van der Waals surface area contributed by atoms with Crippen molar-refractivity contribution in [1.29, 1.82) is 0 Å². The number of hydrogen-bond acceptors (Lipinski definition) is 7. The van der Waals surface area contributed by atoms with E-state index >= 15 is 0 Å². The second kappa shape index (κ2) is 11.3. The van der Waals surface area contributed by atoms with Gasteiger partial charge in [0.1, 0.15) is 5.75 Å². The highest BCUT2D eigenvalue weighted by molar-refractivity contribution is 5.49. The Labute approximate surface area is 180 Å². The first-order chi connectivity index (χ1) is 15.1. The van der Waals surface area contributed by atoms with Crippen molar-refractivity contribution in [2.75, 3.05) is 6.61 Å². The average molecular weight is 417 g/mol. The van der Waals surface area contributed by atoms with E-state index in [-0.39, 0.29) is 5.69 Å². The Morgan fingerprint density at radius 2 is 1.13 bits per heavy atom. The first kappa shape index (κ1) is 21.8. The summed E-state index contributed by atoms with van der Waals surface area (Å²) in [7, 11) is 0. The zero-order valence-corrected chi connectivity index (χ0v) is 17.2. The Kier molecular flexibility index (Phi) is 7.93. The molecular weight excluding hydrogens is 394 g/mol. The van der Waals surface area contributed by atoms with Crippen LogP contribution in [0.1, 0.15) is 26.2 Å². The topological polar surface area (TPSA) is 102 Å². The summed E-state index contributed by atoms with van der Waals surface area (Å²) in [6.07, 6.45) is 3.40. The maximum atomic E-state index is 10.7. The molecule has 0 radical (unpaired) electrons. The molecule has 8 nitrogen and oxygen atoms in total. The molecule has 0 unspecified atom stereocenters. The molecule has 0 amide bonds. The molecule has 0 aliphatic heterocycles. The number of rotatable bonds is 10.